The summed E-state index contributed by atoms with van der Waals surface area (Å²) in [5, 5.41) is 2.51. The first kappa shape index (κ1) is 13.2. The predicted molar refractivity (Wildman–Crippen MR) is 65.1 cm³/mol. The Morgan fingerprint density at radius 3 is 2.82 bits per heavy atom. The molecule has 1 aromatic rings. The van der Waals surface area contributed by atoms with E-state index in [2.05, 4.69) is 18.3 Å². The Hall–Kier alpha value is -1.84. The average molecular weight is 235 g/mol. The molecule has 4 nitrogen and oxygen atoms in total. The van der Waals surface area contributed by atoms with Crippen LogP contribution in [0.1, 0.15) is 18.1 Å². The van der Waals surface area contributed by atoms with Gasteiger partial charge in [0.2, 0.25) is 6.29 Å². The number of benzene rings is 1. The standard InChI is InChI=1S/C13H17NO3/c1-3-11-8-10(4-5-12(11)17-2)6-7-14-13(16)9-15/h4-5,8-9H,3,6-7H2,1-2H3,(H,14,16). The van der Waals surface area contributed by atoms with Crippen LogP contribution >= 0.6 is 0 Å². The maximum absolute atomic E-state index is 10.7. The lowest BCUT2D eigenvalue weighted by molar-refractivity contribution is -0.131. The van der Waals surface area contributed by atoms with Crippen molar-refractivity contribution in [1.82, 2.24) is 5.32 Å². The summed E-state index contributed by atoms with van der Waals surface area (Å²) in [6.07, 6.45) is 1.89. The Morgan fingerprint density at radius 2 is 2.24 bits per heavy atom. The second kappa shape index (κ2) is 6.68. The van der Waals surface area contributed by atoms with Gasteiger partial charge in [-0.3, -0.25) is 9.59 Å². The van der Waals surface area contributed by atoms with E-state index in [1.54, 1.807) is 7.11 Å². The molecule has 0 spiro atoms. The summed E-state index contributed by atoms with van der Waals surface area (Å²) in [5.41, 5.74) is 2.26. The second-order valence-electron chi connectivity index (χ2n) is 3.66. The van der Waals surface area contributed by atoms with Gasteiger partial charge in [-0.05, 0) is 30.0 Å². The van der Waals surface area contributed by atoms with E-state index >= 15 is 0 Å². The van der Waals surface area contributed by atoms with Crippen molar-refractivity contribution in [3.8, 4) is 5.75 Å². The highest BCUT2D eigenvalue weighted by Crippen LogP contribution is 2.20. The third-order valence-electron chi connectivity index (χ3n) is 2.55. The fraction of sp³-hybridized carbons (Fsp3) is 0.385. The molecule has 1 aromatic carbocycles. The second-order valence-corrected chi connectivity index (χ2v) is 3.66. The van der Waals surface area contributed by atoms with Crippen molar-refractivity contribution >= 4 is 12.2 Å². The first-order chi connectivity index (χ1) is 8.21. The number of amides is 1. The maximum atomic E-state index is 10.7. The summed E-state index contributed by atoms with van der Waals surface area (Å²) in [5.74, 6) is 0.308. The lowest BCUT2D eigenvalue weighted by atomic mass is 10.1. The van der Waals surface area contributed by atoms with Crippen molar-refractivity contribution < 1.29 is 14.3 Å². The number of rotatable bonds is 6. The molecule has 1 rings (SSSR count). The highest BCUT2D eigenvalue weighted by molar-refractivity contribution is 6.23. The number of hydrogen-bond donors (Lipinski definition) is 1. The van der Waals surface area contributed by atoms with Crippen LogP contribution in [0.5, 0.6) is 5.75 Å². The van der Waals surface area contributed by atoms with Crippen molar-refractivity contribution in [1.29, 1.82) is 0 Å². The molecule has 4 heteroatoms. The van der Waals surface area contributed by atoms with Gasteiger partial charge in [-0.1, -0.05) is 19.1 Å². The number of aldehydes is 1. The Bertz CT molecular complexity index is 402. The summed E-state index contributed by atoms with van der Waals surface area (Å²) >= 11 is 0. The number of carbonyl (C=O) groups is 2. The fourth-order valence-electron chi connectivity index (χ4n) is 1.64. The minimum absolute atomic E-state index is 0.283. The zero-order valence-corrected chi connectivity index (χ0v) is 10.2. The van der Waals surface area contributed by atoms with Crippen molar-refractivity contribution in [2.45, 2.75) is 19.8 Å². The van der Waals surface area contributed by atoms with Crippen LogP contribution < -0.4 is 10.1 Å². The molecule has 0 aromatic heterocycles. The summed E-state index contributed by atoms with van der Waals surface area (Å²) in [7, 11) is 1.65. The van der Waals surface area contributed by atoms with Gasteiger partial charge in [-0.2, -0.15) is 0 Å². The number of carbonyl (C=O) groups excluding carboxylic acids is 2. The van der Waals surface area contributed by atoms with E-state index in [0.717, 1.165) is 23.3 Å². The molecule has 17 heavy (non-hydrogen) atoms. The number of ether oxygens (including phenoxy) is 1. The fourth-order valence-corrected chi connectivity index (χ4v) is 1.64. The monoisotopic (exact) mass is 235 g/mol. The average Bonchev–Trinajstić information content (AvgIpc) is 2.38. The molecule has 0 aliphatic carbocycles. The van der Waals surface area contributed by atoms with Gasteiger partial charge in [0.25, 0.3) is 5.91 Å². The lowest BCUT2D eigenvalue weighted by Gasteiger charge is -2.09. The SMILES string of the molecule is CCc1cc(CCNC(=O)C=O)ccc1OC. The van der Waals surface area contributed by atoms with E-state index in [9.17, 15) is 9.59 Å². The Balaban J connectivity index is 2.60. The highest BCUT2D eigenvalue weighted by Gasteiger charge is 2.03. The van der Waals surface area contributed by atoms with Crippen LogP contribution in [0.2, 0.25) is 0 Å². The van der Waals surface area contributed by atoms with Crippen molar-refractivity contribution in [3.63, 3.8) is 0 Å². The van der Waals surface area contributed by atoms with Gasteiger partial charge in [-0.15, -0.1) is 0 Å². The van der Waals surface area contributed by atoms with Crippen molar-refractivity contribution in [3.05, 3.63) is 29.3 Å². The Labute approximate surface area is 101 Å². The molecule has 1 N–H and O–H groups in total. The molecule has 0 bridgehead atoms. The lowest BCUT2D eigenvalue weighted by Crippen LogP contribution is -2.26. The van der Waals surface area contributed by atoms with Gasteiger partial charge in [0.1, 0.15) is 5.75 Å². The van der Waals surface area contributed by atoms with Gasteiger partial charge in [-0.25, -0.2) is 0 Å². The third-order valence-corrected chi connectivity index (χ3v) is 2.55. The Morgan fingerprint density at radius 1 is 1.47 bits per heavy atom. The largest absolute Gasteiger partial charge is 0.496 e. The number of methoxy groups -OCH3 is 1. The molecule has 0 fully saturated rings. The molecule has 0 heterocycles. The van der Waals surface area contributed by atoms with E-state index in [0.29, 0.717) is 13.0 Å². The van der Waals surface area contributed by atoms with E-state index in [1.165, 1.54) is 0 Å². The van der Waals surface area contributed by atoms with E-state index < -0.39 is 5.91 Å². The minimum atomic E-state index is -0.575. The number of nitrogens with one attached hydrogen (secondary N) is 1. The smallest absolute Gasteiger partial charge is 0.284 e. The molecule has 1 amide bonds. The number of aryl methyl sites for hydroxylation is 1. The molecule has 0 saturated carbocycles. The van der Waals surface area contributed by atoms with Gasteiger partial charge < -0.3 is 10.1 Å². The van der Waals surface area contributed by atoms with Crippen LogP contribution in [-0.2, 0) is 22.4 Å². The topological polar surface area (TPSA) is 55.4 Å². The molecular formula is C13H17NO3. The predicted octanol–water partition coefficient (Wildman–Crippen LogP) is 1.12. The van der Waals surface area contributed by atoms with Gasteiger partial charge in [0.15, 0.2) is 0 Å². The quantitative estimate of drug-likeness (QED) is 0.593. The summed E-state index contributed by atoms with van der Waals surface area (Å²) in [6, 6.07) is 5.95. The molecule has 0 saturated heterocycles. The normalized spacial score (nSPS) is 9.76. The van der Waals surface area contributed by atoms with Crippen molar-refractivity contribution in [2.75, 3.05) is 13.7 Å². The first-order valence-electron chi connectivity index (χ1n) is 5.60. The molecule has 0 aliphatic heterocycles. The summed E-state index contributed by atoms with van der Waals surface area (Å²) < 4.78 is 5.24. The molecule has 0 atom stereocenters. The zero-order chi connectivity index (χ0) is 12.7. The van der Waals surface area contributed by atoms with Gasteiger partial charge in [0.05, 0.1) is 7.11 Å². The Kier molecular flexibility index (Phi) is 5.20. The first-order valence-corrected chi connectivity index (χ1v) is 5.60. The van der Waals surface area contributed by atoms with Crippen LogP contribution in [0.15, 0.2) is 18.2 Å². The van der Waals surface area contributed by atoms with E-state index in [-0.39, 0.29) is 6.29 Å². The molecule has 92 valence electrons. The third kappa shape index (κ3) is 3.90. The molecule has 0 unspecified atom stereocenters. The highest BCUT2D eigenvalue weighted by atomic mass is 16.5. The van der Waals surface area contributed by atoms with Gasteiger partial charge in [0, 0.05) is 6.54 Å². The summed E-state index contributed by atoms with van der Waals surface area (Å²) in [4.78, 5) is 20.8. The van der Waals surface area contributed by atoms with Crippen LogP contribution in [0, 0.1) is 0 Å². The van der Waals surface area contributed by atoms with Crippen LogP contribution in [-0.4, -0.2) is 25.8 Å². The zero-order valence-electron chi connectivity index (χ0n) is 10.2. The molecule has 0 aliphatic rings. The van der Waals surface area contributed by atoms with Crippen LogP contribution in [0.3, 0.4) is 0 Å². The summed E-state index contributed by atoms with van der Waals surface area (Å²) in [6.45, 7) is 2.53. The van der Waals surface area contributed by atoms with E-state index in [4.69, 9.17) is 4.74 Å². The minimum Gasteiger partial charge on any atom is -0.496 e. The van der Waals surface area contributed by atoms with Crippen LogP contribution in [0.4, 0.5) is 0 Å². The number of hydrogen-bond acceptors (Lipinski definition) is 3. The van der Waals surface area contributed by atoms with E-state index in [1.807, 2.05) is 12.1 Å². The maximum Gasteiger partial charge on any atom is 0.284 e. The van der Waals surface area contributed by atoms with Crippen LogP contribution in [0.25, 0.3) is 0 Å². The molecular weight excluding hydrogens is 218 g/mol. The van der Waals surface area contributed by atoms with Gasteiger partial charge >= 0.3 is 0 Å². The molecule has 0 radical (unpaired) electrons. The van der Waals surface area contributed by atoms with Crippen molar-refractivity contribution in [2.24, 2.45) is 0 Å².